The second-order valence-corrected chi connectivity index (χ2v) is 6.04. The first kappa shape index (κ1) is 20.9. The summed E-state index contributed by atoms with van der Waals surface area (Å²) in [7, 11) is 0. The van der Waals surface area contributed by atoms with Crippen molar-refractivity contribution in [3.05, 3.63) is 66.2 Å². The summed E-state index contributed by atoms with van der Waals surface area (Å²) >= 11 is 0. The summed E-state index contributed by atoms with van der Waals surface area (Å²) in [5, 5.41) is 6.76. The zero-order valence-electron chi connectivity index (χ0n) is 16.1. The third-order valence-corrected chi connectivity index (χ3v) is 3.70. The first-order chi connectivity index (χ1) is 13.6. The fourth-order valence-corrected chi connectivity index (χ4v) is 2.28. The van der Waals surface area contributed by atoms with Gasteiger partial charge in [-0.25, -0.2) is 5.43 Å². The number of hydrogen-bond donors (Lipinski definition) is 2. The average Bonchev–Trinajstić information content (AvgIpc) is 2.71. The largest absolute Gasteiger partial charge is 0.494 e. The average molecular weight is 379 g/mol. The number of amides is 2. The molecule has 0 heterocycles. The third-order valence-electron chi connectivity index (χ3n) is 3.70. The van der Waals surface area contributed by atoms with Crippen LogP contribution in [0.25, 0.3) is 6.08 Å². The van der Waals surface area contributed by atoms with Crippen molar-refractivity contribution >= 4 is 29.3 Å². The Balaban J connectivity index is 1.72. The highest BCUT2D eigenvalue weighted by Crippen LogP contribution is 2.15. The fraction of sp³-hybridized carbons (Fsp3) is 0.227. The van der Waals surface area contributed by atoms with Gasteiger partial charge >= 0.3 is 0 Å². The van der Waals surface area contributed by atoms with Crippen molar-refractivity contribution in [2.45, 2.75) is 26.7 Å². The number of anilines is 1. The van der Waals surface area contributed by atoms with Crippen LogP contribution in [0, 0.1) is 0 Å². The third kappa shape index (κ3) is 7.86. The number of hydrogen-bond acceptors (Lipinski definition) is 4. The van der Waals surface area contributed by atoms with Crippen molar-refractivity contribution in [1.29, 1.82) is 0 Å². The van der Waals surface area contributed by atoms with Gasteiger partial charge in [-0.3, -0.25) is 9.59 Å². The van der Waals surface area contributed by atoms with Crippen molar-refractivity contribution in [2.24, 2.45) is 5.10 Å². The topological polar surface area (TPSA) is 79.8 Å². The fourth-order valence-electron chi connectivity index (χ4n) is 2.28. The van der Waals surface area contributed by atoms with Crippen LogP contribution < -0.4 is 15.5 Å². The Kier molecular flexibility index (Phi) is 8.46. The van der Waals surface area contributed by atoms with Crippen LogP contribution in [0.5, 0.6) is 5.75 Å². The van der Waals surface area contributed by atoms with E-state index in [0.717, 1.165) is 11.3 Å². The molecule has 2 aromatic rings. The standard InChI is InChI=1S/C22H25N3O3/c1-3-28-20-13-11-19(12-14-20)23-21(26)15-16-22(27)25-24-17(2)9-10-18-7-5-4-6-8-18/h4-14H,3,15-16H2,1-2H3,(H,23,26)(H,25,27)/b10-9+,24-17+. The normalized spacial score (nSPS) is 11.3. The maximum absolute atomic E-state index is 12.0. The number of rotatable bonds is 9. The lowest BCUT2D eigenvalue weighted by Gasteiger charge is -2.07. The molecule has 28 heavy (non-hydrogen) atoms. The molecule has 0 saturated carbocycles. The predicted octanol–water partition coefficient (Wildman–Crippen LogP) is 4.01. The zero-order chi connectivity index (χ0) is 20.2. The highest BCUT2D eigenvalue weighted by Gasteiger charge is 2.07. The van der Waals surface area contributed by atoms with Crippen LogP contribution in [-0.4, -0.2) is 24.1 Å². The number of carbonyl (C=O) groups is 2. The molecule has 2 amide bonds. The Bertz CT molecular complexity index is 828. The van der Waals surface area contributed by atoms with Gasteiger partial charge < -0.3 is 10.1 Å². The Morgan fingerprint density at radius 3 is 2.36 bits per heavy atom. The molecule has 146 valence electrons. The summed E-state index contributed by atoms with van der Waals surface area (Å²) in [4.78, 5) is 23.8. The van der Waals surface area contributed by atoms with E-state index < -0.39 is 0 Å². The van der Waals surface area contributed by atoms with Crippen molar-refractivity contribution < 1.29 is 14.3 Å². The van der Waals surface area contributed by atoms with E-state index in [1.807, 2.05) is 49.4 Å². The monoisotopic (exact) mass is 379 g/mol. The molecular formula is C22H25N3O3. The SMILES string of the molecule is CCOc1ccc(NC(=O)CCC(=O)N/N=C(C)/C=C/c2ccccc2)cc1. The molecule has 0 saturated heterocycles. The molecule has 0 aromatic heterocycles. The first-order valence-electron chi connectivity index (χ1n) is 9.16. The highest BCUT2D eigenvalue weighted by molar-refractivity contribution is 5.97. The number of hydrazone groups is 1. The number of nitrogens with zero attached hydrogens (tertiary/aromatic N) is 1. The highest BCUT2D eigenvalue weighted by atomic mass is 16.5. The molecule has 6 heteroatoms. The summed E-state index contributed by atoms with van der Waals surface area (Å²) in [5.41, 5.74) is 4.83. The Morgan fingerprint density at radius 1 is 1.00 bits per heavy atom. The molecule has 0 fully saturated rings. The van der Waals surface area contributed by atoms with Gasteiger partial charge in [0.25, 0.3) is 0 Å². The Morgan fingerprint density at radius 2 is 1.68 bits per heavy atom. The number of allylic oxidation sites excluding steroid dienone is 1. The van der Waals surface area contributed by atoms with Gasteiger partial charge in [0.05, 0.1) is 12.3 Å². The zero-order valence-corrected chi connectivity index (χ0v) is 16.1. The number of nitrogens with one attached hydrogen (secondary N) is 2. The van der Waals surface area contributed by atoms with Gasteiger partial charge in [0.1, 0.15) is 5.75 Å². The minimum Gasteiger partial charge on any atom is -0.494 e. The van der Waals surface area contributed by atoms with Crippen molar-refractivity contribution in [2.75, 3.05) is 11.9 Å². The van der Waals surface area contributed by atoms with Gasteiger partial charge in [0, 0.05) is 18.5 Å². The minimum absolute atomic E-state index is 0.0576. The van der Waals surface area contributed by atoms with Gasteiger partial charge in [0.15, 0.2) is 0 Å². The van der Waals surface area contributed by atoms with E-state index in [1.54, 1.807) is 31.2 Å². The maximum Gasteiger partial charge on any atom is 0.240 e. The Labute approximate surface area is 165 Å². The molecule has 0 spiro atoms. The van der Waals surface area contributed by atoms with E-state index in [1.165, 1.54) is 0 Å². The number of ether oxygens (including phenoxy) is 1. The van der Waals surface area contributed by atoms with Gasteiger partial charge in [-0.05, 0) is 49.8 Å². The van der Waals surface area contributed by atoms with E-state index in [-0.39, 0.29) is 24.7 Å². The molecule has 2 aromatic carbocycles. The molecule has 0 aliphatic rings. The summed E-state index contributed by atoms with van der Waals surface area (Å²) in [5.74, 6) is 0.202. The van der Waals surface area contributed by atoms with E-state index in [0.29, 0.717) is 18.0 Å². The van der Waals surface area contributed by atoms with Gasteiger partial charge in [0.2, 0.25) is 11.8 Å². The molecule has 0 radical (unpaired) electrons. The molecule has 2 N–H and O–H groups in total. The molecule has 0 aliphatic heterocycles. The van der Waals surface area contributed by atoms with Crippen LogP contribution in [0.1, 0.15) is 32.3 Å². The van der Waals surface area contributed by atoms with Crippen LogP contribution in [0.2, 0.25) is 0 Å². The second kappa shape index (κ2) is 11.3. The summed E-state index contributed by atoms with van der Waals surface area (Å²) < 4.78 is 5.35. The van der Waals surface area contributed by atoms with Crippen molar-refractivity contribution in [3.8, 4) is 5.75 Å². The second-order valence-electron chi connectivity index (χ2n) is 6.04. The lowest BCUT2D eigenvalue weighted by molar-refractivity contribution is -0.124. The van der Waals surface area contributed by atoms with Crippen LogP contribution in [0.3, 0.4) is 0 Å². The molecule has 2 rings (SSSR count). The summed E-state index contributed by atoms with van der Waals surface area (Å²) in [6, 6.07) is 16.9. The lowest BCUT2D eigenvalue weighted by atomic mass is 10.2. The number of benzene rings is 2. The summed E-state index contributed by atoms with van der Waals surface area (Å²) in [6.07, 6.45) is 3.86. The molecule has 6 nitrogen and oxygen atoms in total. The minimum atomic E-state index is -0.311. The van der Waals surface area contributed by atoms with Crippen LogP contribution in [0.15, 0.2) is 65.8 Å². The molecular weight excluding hydrogens is 354 g/mol. The van der Waals surface area contributed by atoms with E-state index in [4.69, 9.17) is 4.74 Å². The maximum atomic E-state index is 12.0. The predicted molar refractivity (Wildman–Crippen MR) is 112 cm³/mol. The molecule has 0 bridgehead atoms. The lowest BCUT2D eigenvalue weighted by Crippen LogP contribution is -2.21. The van der Waals surface area contributed by atoms with Gasteiger partial charge in [-0.2, -0.15) is 5.10 Å². The molecule has 0 atom stereocenters. The van der Waals surface area contributed by atoms with E-state index in [2.05, 4.69) is 15.8 Å². The number of carbonyl (C=O) groups excluding carboxylic acids is 2. The van der Waals surface area contributed by atoms with Crippen molar-refractivity contribution in [3.63, 3.8) is 0 Å². The Hall–Kier alpha value is -3.41. The van der Waals surface area contributed by atoms with E-state index in [9.17, 15) is 9.59 Å². The van der Waals surface area contributed by atoms with Crippen LogP contribution in [0.4, 0.5) is 5.69 Å². The van der Waals surface area contributed by atoms with E-state index >= 15 is 0 Å². The quantitative estimate of drug-likeness (QED) is 0.510. The van der Waals surface area contributed by atoms with Gasteiger partial charge in [-0.1, -0.05) is 36.4 Å². The smallest absolute Gasteiger partial charge is 0.240 e. The molecule has 0 unspecified atom stereocenters. The van der Waals surface area contributed by atoms with Crippen LogP contribution >= 0.6 is 0 Å². The summed E-state index contributed by atoms with van der Waals surface area (Å²) in [6.45, 7) is 4.29. The first-order valence-corrected chi connectivity index (χ1v) is 9.16. The van der Waals surface area contributed by atoms with Crippen molar-refractivity contribution in [1.82, 2.24) is 5.43 Å². The van der Waals surface area contributed by atoms with Crippen LogP contribution in [-0.2, 0) is 9.59 Å². The van der Waals surface area contributed by atoms with Gasteiger partial charge in [-0.15, -0.1) is 0 Å². The molecule has 0 aliphatic carbocycles.